The molecule has 2 aromatic carbocycles. The second-order valence-electron chi connectivity index (χ2n) is 7.91. The topological polar surface area (TPSA) is 74.9 Å². The number of aromatic nitrogens is 1. The number of fused-ring (bicyclic) bond motifs is 2. The first-order chi connectivity index (χ1) is 14.5. The van der Waals surface area contributed by atoms with Crippen LogP contribution < -0.4 is 9.47 Å². The number of amides is 2. The lowest BCUT2D eigenvalue weighted by Gasteiger charge is -2.36. The zero-order valence-corrected chi connectivity index (χ0v) is 17.0. The molecule has 1 aromatic heterocycles. The molecule has 1 fully saturated rings. The Balaban J connectivity index is 1.52. The second kappa shape index (κ2) is 7.09. The van der Waals surface area contributed by atoms with E-state index in [0.29, 0.717) is 12.8 Å². The maximum atomic E-state index is 12.8. The van der Waals surface area contributed by atoms with Crippen LogP contribution in [0.5, 0.6) is 11.5 Å². The predicted molar refractivity (Wildman–Crippen MR) is 112 cm³/mol. The summed E-state index contributed by atoms with van der Waals surface area (Å²) < 4.78 is 10.9. The molecule has 1 N–H and O–H groups in total. The van der Waals surface area contributed by atoms with Gasteiger partial charge in [-0.3, -0.25) is 9.59 Å². The largest absolute Gasteiger partial charge is 0.454 e. The monoisotopic (exact) mass is 405 g/mol. The standard InChI is InChI=1S/C23H23N3O4/c1-25-12-22(27)26(2)19(23(25)28)11-16-15-5-3-4-6-17(15)24-18(16)9-14-7-8-20-21(10-14)30-13-29-20/h3-8,10,19,24H,9,11-13H2,1-2H3/t19-/m1/s1. The Labute approximate surface area is 174 Å². The van der Waals surface area contributed by atoms with Gasteiger partial charge in [-0.2, -0.15) is 0 Å². The molecule has 0 radical (unpaired) electrons. The Hall–Kier alpha value is -3.48. The van der Waals surface area contributed by atoms with E-state index < -0.39 is 6.04 Å². The number of nitrogens with zero attached hydrogens (tertiary/aromatic N) is 2. The molecular weight excluding hydrogens is 382 g/mol. The predicted octanol–water partition coefficient (Wildman–Crippen LogP) is 2.33. The number of ether oxygens (including phenoxy) is 2. The van der Waals surface area contributed by atoms with Gasteiger partial charge in [-0.15, -0.1) is 0 Å². The van der Waals surface area contributed by atoms with Gasteiger partial charge in [0.1, 0.15) is 6.04 Å². The van der Waals surface area contributed by atoms with E-state index in [1.807, 2.05) is 36.4 Å². The van der Waals surface area contributed by atoms with Crippen LogP contribution in [0.25, 0.3) is 10.9 Å². The van der Waals surface area contributed by atoms with Gasteiger partial charge in [0.15, 0.2) is 11.5 Å². The van der Waals surface area contributed by atoms with Gasteiger partial charge in [0.25, 0.3) is 0 Å². The lowest BCUT2D eigenvalue weighted by Crippen LogP contribution is -2.57. The van der Waals surface area contributed by atoms with Crippen molar-refractivity contribution < 1.29 is 19.1 Å². The van der Waals surface area contributed by atoms with Gasteiger partial charge in [-0.25, -0.2) is 0 Å². The first kappa shape index (κ1) is 18.5. The molecule has 0 bridgehead atoms. The average molecular weight is 405 g/mol. The normalized spacial score (nSPS) is 18.5. The van der Waals surface area contributed by atoms with Crippen molar-refractivity contribution in [2.75, 3.05) is 27.4 Å². The number of hydrogen-bond donors (Lipinski definition) is 1. The van der Waals surface area contributed by atoms with Crippen molar-refractivity contribution in [1.29, 1.82) is 0 Å². The number of hydrogen-bond acceptors (Lipinski definition) is 4. The van der Waals surface area contributed by atoms with Crippen LogP contribution in [-0.2, 0) is 22.4 Å². The molecule has 2 aliphatic heterocycles. The first-order valence-electron chi connectivity index (χ1n) is 9.99. The molecule has 1 atom stereocenters. The maximum Gasteiger partial charge on any atom is 0.245 e. The first-order valence-corrected chi connectivity index (χ1v) is 9.99. The van der Waals surface area contributed by atoms with E-state index in [1.165, 1.54) is 4.90 Å². The number of likely N-dealkylation sites (N-methyl/N-ethyl adjacent to an activating group) is 2. The number of benzene rings is 2. The lowest BCUT2D eigenvalue weighted by atomic mass is 9.96. The average Bonchev–Trinajstić information content (AvgIpc) is 3.34. The Kier molecular flexibility index (Phi) is 4.38. The van der Waals surface area contributed by atoms with Crippen LogP contribution in [0.2, 0.25) is 0 Å². The van der Waals surface area contributed by atoms with Gasteiger partial charge < -0.3 is 24.3 Å². The zero-order valence-electron chi connectivity index (χ0n) is 17.0. The minimum absolute atomic E-state index is 0.0311. The molecule has 7 nitrogen and oxygen atoms in total. The van der Waals surface area contributed by atoms with Gasteiger partial charge in [0, 0.05) is 43.5 Å². The minimum atomic E-state index is -0.508. The fourth-order valence-corrected chi connectivity index (χ4v) is 4.30. The van der Waals surface area contributed by atoms with Crippen molar-refractivity contribution in [3.63, 3.8) is 0 Å². The molecule has 3 aromatic rings. The molecule has 3 heterocycles. The number of rotatable bonds is 4. The van der Waals surface area contributed by atoms with Crippen molar-refractivity contribution in [2.45, 2.75) is 18.9 Å². The van der Waals surface area contributed by atoms with Crippen LogP contribution in [0.3, 0.4) is 0 Å². The van der Waals surface area contributed by atoms with Crippen LogP contribution in [0, 0.1) is 0 Å². The number of para-hydroxylation sites is 1. The highest BCUT2D eigenvalue weighted by molar-refractivity contribution is 5.95. The van der Waals surface area contributed by atoms with Crippen LogP contribution in [0.15, 0.2) is 42.5 Å². The van der Waals surface area contributed by atoms with Crippen LogP contribution >= 0.6 is 0 Å². The molecule has 1 saturated heterocycles. The fraction of sp³-hybridized carbons (Fsp3) is 0.304. The van der Waals surface area contributed by atoms with E-state index in [1.54, 1.807) is 19.0 Å². The SMILES string of the molecule is CN1CC(=O)N(C)[C@H](Cc2c(Cc3ccc4c(c3)OCO4)[nH]c3ccccc23)C1=O. The van der Waals surface area contributed by atoms with Gasteiger partial charge in [0.2, 0.25) is 18.6 Å². The molecule has 154 valence electrons. The van der Waals surface area contributed by atoms with Crippen molar-refractivity contribution in [3.05, 3.63) is 59.3 Å². The third-order valence-corrected chi connectivity index (χ3v) is 6.01. The molecule has 0 unspecified atom stereocenters. The number of H-pyrrole nitrogens is 1. The number of piperazine rings is 1. The second-order valence-corrected chi connectivity index (χ2v) is 7.91. The lowest BCUT2D eigenvalue weighted by molar-refractivity contribution is -0.152. The van der Waals surface area contributed by atoms with E-state index in [4.69, 9.17) is 9.47 Å². The highest BCUT2D eigenvalue weighted by Gasteiger charge is 2.36. The van der Waals surface area contributed by atoms with E-state index in [2.05, 4.69) is 11.1 Å². The molecular formula is C23H23N3O4. The van der Waals surface area contributed by atoms with Gasteiger partial charge in [0.05, 0.1) is 6.54 Å². The van der Waals surface area contributed by atoms with E-state index >= 15 is 0 Å². The third-order valence-electron chi connectivity index (χ3n) is 6.01. The van der Waals surface area contributed by atoms with E-state index in [-0.39, 0.29) is 25.2 Å². The third kappa shape index (κ3) is 3.07. The van der Waals surface area contributed by atoms with E-state index in [9.17, 15) is 9.59 Å². The Morgan fingerprint density at radius 1 is 1.07 bits per heavy atom. The summed E-state index contributed by atoms with van der Waals surface area (Å²) in [5.74, 6) is 1.43. The van der Waals surface area contributed by atoms with Crippen molar-refractivity contribution in [1.82, 2.24) is 14.8 Å². The van der Waals surface area contributed by atoms with Gasteiger partial charge in [-0.1, -0.05) is 24.3 Å². The molecule has 0 aliphatic carbocycles. The summed E-state index contributed by atoms with van der Waals surface area (Å²) in [7, 11) is 3.40. The number of carbonyl (C=O) groups excluding carboxylic acids is 2. The Morgan fingerprint density at radius 3 is 2.73 bits per heavy atom. The van der Waals surface area contributed by atoms with Crippen molar-refractivity contribution >= 4 is 22.7 Å². The molecule has 0 saturated carbocycles. The van der Waals surface area contributed by atoms with Gasteiger partial charge in [-0.05, 0) is 29.3 Å². The van der Waals surface area contributed by atoms with Crippen LogP contribution in [-0.4, -0.2) is 60.1 Å². The Bertz CT molecular complexity index is 1150. The molecule has 7 heteroatoms. The van der Waals surface area contributed by atoms with E-state index in [0.717, 1.165) is 39.2 Å². The Morgan fingerprint density at radius 2 is 1.87 bits per heavy atom. The zero-order chi connectivity index (χ0) is 20.8. The van der Waals surface area contributed by atoms with Crippen LogP contribution in [0.4, 0.5) is 0 Å². The number of nitrogens with one attached hydrogen (secondary N) is 1. The number of aromatic amines is 1. The molecule has 30 heavy (non-hydrogen) atoms. The quantitative estimate of drug-likeness (QED) is 0.723. The number of carbonyl (C=O) groups is 2. The molecule has 0 spiro atoms. The summed E-state index contributed by atoms with van der Waals surface area (Å²) in [5.41, 5.74) is 4.21. The van der Waals surface area contributed by atoms with Crippen molar-refractivity contribution in [3.8, 4) is 11.5 Å². The molecule has 2 aliphatic rings. The highest BCUT2D eigenvalue weighted by atomic mass is 16.7. The summed E-state index contributed by atoms with van der Waals surface area (Å²) in [6.45, 7) is 0.373. The van der Waals surface area contributed by atoms with Gasteiger partial charge >= 0.3 is 0 Å². The highest BCUT2D eigenvalue weighted by Crippen LogP contribution is 2.34. The molecule has 2 amide bonds. The summed E-state index contributed by atoms with van der Waals surface area (Å²) in [5, 5.41) is 1.08. The summed E-state index contributed by atoms with van der Waals surface area (Å²) in [6.07, 6.45) is 1.13. The summed E-state index contributed by atoms with van der Waals surface area (Å²) in [6, 6.07) is 13.5. The minimum Gasteiger partial charge on any atom is -0.454 e. The summed E-state index contributed by atoms with van der Waals surface area (Å²) in [4.78, 5) is 31.8. The fourth-order valence-electron chi connectivity index (χ4n) is 4.30. The van der Waals surface area contributed by atoms with Crippen molar-refractivity contribution in [2.24, 2.45) is 0 Å². The summed E-state index contributed by atoms with van der Waals surface area (Å²) >= 11 is 0. The van der Waals surface area contributed by atoms with Crippen LogP contribution in [0.1, 0.15) is 16.8 Å². The molecule has 5 rings (SSSR count). The smallest absolute Gasteiger partial charge is 0.245 e. The maximum absolute atomic E-state index is 12.8.